The standard InChI is InChI=1S/C13H17ClN2O3/c1-13(2)11(15-3)7-12(13)19-8-4-5-10(16(17)18)9(14)6-8/h4-6,11-12,15H,7H2,1-3H3. The number of nitrogens with one attached hydrogen (secondary N) is 1. The second-order valence-corrected chi connectivity index (χ2v) is 5.78. The fraction of sp³-hybridized carbons (Fsp3) is 0.538. The Hall–Kier alpha value is -1.33. The van der Waals surface area contributed by atoms with Crippen molar-refractivity contribution in [1.29, 1.82) is 0 Å². The van der Waals surface area contributed by atoms with E-state index >= 15 is 0 Å². The van der Waals surface area contributed by atoms with Gasteiger partial charge in [-0.1, -0.05) is 25.4 Å². The molecule has 1 saturated carbocycles. The lowest BCUT2D eigenvalue weighted by Crippen LogP contribution is -2.61. The van der Waals surface area contributed by atoms with Crippen molar-refractivity contribution in [3.63, 3.8) is 0 Å². The molecule has 0 spiro atoms. The molecule has 19 heavy (non-hydrogen) atoms. The van der Waals surface area contributed by atoms with Crippen molar-refractivity contribution in [2.45, 2.75) is 32.4 Å². The summed E-state index contributed by atoms with van der Waals surface area (Å²) in [7, 11) is 1.94. The van der Waals surface area contributed by atoms with Crippen molar-refractivity contribution in [3.8, 4) is 5.75 Å². The zero-order valence-electron chi connectivity index (χ0n) is 11.1. The summed E-state index contributed by atoms with van der Waals surface area (Å²) in [5, 5.41) is 14.0. The van der Waals surface area contributed by atoms with E-state index in [1.54, 1.807) is 6.07 Å². The van der Waals surface area contributed by atoms with E-state index in [2.05, 4.69) is 19.2 Å². The third-order valence-corrected chi connectivity index (χ3v) is 4.22. The van der Waals surface area contributed by atoms with Crippen LogP contribution in [-0.4, -0.2) is 24.1 Å². The largest absolute Gasteiger partial charge is 0.490 e. The highest BCUT2D eigenvalue weighted by atomic mass is 35.5. The molecule has 0 radical (unpaired) electrons. The molecule has 1 aromatic rings. The second kappa shape index (κ2) is 4.98. The van der Waals surface area contributed by atoms with Crippen molar-refractivity contribution in [2.75, 3.05) is 7.05 Å². The van der Waals surface area contributed by atoms with Crippen LogP contribution in [0.25, 0.3) is 0 Å². The number of nitrogens with zero attached hydrogens (tertiary/aromatic N) is 1. The molecule has 1 aliphatic rings. The summed E-state index contributed by atoms with van der Waals surface area (Å²) < 4.78 is 5.87. The van der Waals surface area contributed by atoms with Gasteiger partial charge < -0.3 is 10.1 Å². The minimum atomic E-state index is -0.504. The first-order valence-corrected chi connectivity index (χ1v) is 6.52. The minimum absolute atomic E-state index is 0.0308. The van der Waals surface area contributed by atoms with Crippen LogP contribution in [-0.2, 0) is 0 Å². The number of halogens is 1. The molecule has 0 aliphatic heterocycles. The van der Waals surface area contributed by atoms with Gasteiger partial charge in [0.25, 0.3) is 5.69 Å². The number of hydrogen-bond acceptors (Lipinski definition) is 4. The monoisotopic (exact) mass is 284 g/mol. The van der Waals surface area contributed by atoms with Gasteiger partial charge in [-0.2, -0.15) is 0 Å². The Bertz CT molecular complexity index is 505. The van der Waals surface area contributed by atoms with E-state index < -0.39 is 4.92 Å². The van der Waals surface area contributed by atoms with E-state index in [-0.39, 0.29) is 22.2 Å². The molecule has 0 heterocycles. The smallest absolute Gasteiger partial charge is 0.288 e. The Morgan fingerprint density at radius 1 is 1.53 bits per heavy atom. The molecule has 0 amide bonds. The molecule has 1 fully saturated rings. The number of hydrogen-bond donors (Lipinski definition) is 1. The van der Waals surface area contributed by atoms with E-state index in [1.807, 2.05) is 7.05 Å². The third-order valence-electron chi connectivity index (χ3n) is 3.92. The zero-order valence-corrected chi connectivity index (χ0v) is 11.9. The summed E-state index contributed by atoms with van der Waals surface area (Å²) in [6.45, 7) is 4.27. The van der Waals surface area contributed by atoms with Gasteiger partial charge in [0.15, 0.2) is 0 Å². The van der Waals surface area contributed by atoms with Crippen molar-refractivity contribution in [1.82, 2.24) is 5.32 Å². The molecule has 2 unspecified atom stereocenters. The molecule has 2 atom stereocenters. The maximum atomic E-state index is 10.7. The zero-order chi connectivity index (χ0) is 14.2. The van der Waals surface area contributed by atoms with Gasteiger partial charge in [-0.05, 0) is 13.1 Å². The van der Waals surface area contributed by atoms with Gasteiger partial charge in [0.1, 0.15) is 16.9 Å². The Labute approximate surface area is 117 Å². The Morgan fingerprint density at radius 3 is 2.68 bits per heavy atom. The minimum Gasteiger partial charge on any atom is -0.490 e. The topological polar surface area (TPSA) is 64.4 Å². The van der Waals surface area contributed by atoms with Gasteiger partial charge in [0, 0.05) is 30.0 Å². The number of ether oxygens (including phenoxy) is 1. The highest BCUT2D eigenvalue weighted by Crippen LogP contribution is 2.43. The van der Waals surface area contributed by atoms with Gasteiger partial charge in [-0.15, -0.1) is 0 Å². The van der Waals surface area contributed by atoms with Gasteiger partial charge in [-0.25, -0.2) is 0 Å². The molecular weight excluding hydrogens is 268 g/mol. The van der Waals surface area contributed by atoms with Crippen molar-refractivity contribution < 1.29 is 9.66 Å². The molecular formula is C13H17ClN2O3. The van der Waals surface area contributed by atoms with Crippen molar-refractivity contribution in [2.24, 2.45) is 5.41 Å². The second-order valence-electron chi connectivity index (χ2n) is 5.38. The molecule has 5 nitrogen and oxygen atoms in total. The summed E-state index contributed by atoms with van der Waals surface area (Å²) in [6, 6.07) is 4.89. The maximum absolute atomic E-state index is 10.7. The van der Waals surface area contributed by atoms with E-state index in [0.717, 1.165) is 6.42 Å². The predicted molar refractivity (Wildman–Crippen MR) is 73.8 cm³/mol. The summed E-state index contributed by atoms with van der Waals surface area (Å²) in [5.74, 6) is 0.572. The lowest BCUT2D eigenvalue weighted by atomic mass is 9.64. The van der Waals surface area contributed by atoms with Crippen LogP contribution in [0.4, 0.5) is 5.69 Å². The normalized spacial score (nSPS) is 24.6. The van der Waals surface area contributed by atoms with Gasteiger partial charge >= 0.3 is 0 Å². The van der Waals surface area contributed by atoms with Gasteiger partial charge in [0.2, 0.25) is 0 Å². The van der Waals surface area contributed by atoms with Crippen LogP contribution in [0.3, 0.4) is 0 Å². The predicted octanol–water partition coefficient (Wildman–Crippen LogP) is 3.01. The summed E-state index contributed by atoms with van der Waals surface area (Å²) >= 11 is 5.86. The average Bonchev–Trinajstić information content (AvgIpc) is 2.33. The van der Waals surface area contributed by atoms with Crippen LogP contribution in [0.5, 0.6) is 5.75 Å². The van der Waals surface area contributed by atoms with E-state index in [0.29, 0.717) is 11.8 Å². The SMILES string of the molecule is CNC1CC(Oc2ccc([N+](=O)[O-])c(Cl)c2)C1(C)C. The van der Waals surface area contributed by atoms with Crippen LogP contribution in [0.1, 0.15) is 20.3 Å². The molecule has 0 aromatic heterocycles. The lowest BCUT2D eigenvalue weighted by Gasteiger charge is -2.51. The fourth-order valence-electron chi connectivity index (χ4n) is 2.45. The van der Waals surface area contributed by atoms with Crippen molar-refractivity contribution >= 4 is 17.3 Å². The quantitative estimate of drug-likeness (QED) is 0.682. The molecule has 104 valence electrons. The average molecular weight is 285 g/mol. The molecule has 1 N–H and O–H groups in total. The summed E-state index contributed by atoms with van der Waals surface area (Å²) in [6.07, 6.45) is 1.00. The van der Waals surface area contributed by atoms with E-state index in [1.165, 1.54) is 12.1 Å². The Kier molecular flexibility index (Phi) is 3.69. The highest BCUT2D eigenvalue weighted by molar-refractivity contribution is 6.32. The number of rotatable bonds is 4. The first-order valence-electron chi connectivity index (χ1n) is 6.14. The van der Waals surface area contributed by atoms with Crippen LogP contribution in [0.2, 0.25) is 5.02 Å². The van der Waals surface area contributed by atoms with Crippen LogP contribution >= 0.6 is 11.6 Å². The first kappa shape index (κ1) is 14.1. The molecule has 2 rings (SSSR count). The highest BCUT2D eigenvalue weighted by Gasteiger charge is 2.49. The lowest BCUT2D eigenvalue weighted by molar-refractivity contribution is -0.384. The summed E-state index contributed by atoms with van der Waals surface area (Å²) in [4.78, 5) is 10.2. The number of nitro benzene ring substituents is 1. The van der Waals surface area contributed by atoms with Crippen LogP contribution in [0, 0.1) is 15.5 Å². The number of nitro groups is 1. The summed E-state index contributed by atoms with van der Waals surface area (Å²) in [5.41, 5.74) is -0.0711. The third kappa shape index (κ3) is 2.53. The van der Waals surface area contributed by atoms with Gasteiger partial charge in [0.05, 0.1) is 4.92 Å². The van der Waals surface area contributed by atoms with E-state index in [9.17, 15) is 10.1 Å². The van der Waals surface area contributed by atoms with E-state index in [4.69, 9.17) is 16.3 Å². The Balaban J connectivity index is 2.09. The number of benzene rings is 1. The van der Waals surface area contributed by atoms with Crippen molar-refractivity contribution in [3.05, 3.63) is 33.3 Å². The molecule has 1 aromatic carbocycles. The van der Waals surface area contributed by atoms with Gasteiger partial charge in [-0.3, -0.25) is 10.1 Å². The molecule has 6 heteroatoms. The molecule has 1 aliphatic carbocycles. The molecule has 0 saturated heterocycles. The maximum Gasteiger partial charge on any atom is 0.288 e. The fourth-order valence-corrected chi connectivity index (χ4v) is 2.69. The molecule has 0 bridgehead atoms. The Morgan fingerprint density at radius 2 is 2.21 bits per heavy atom. The van der Waals surface area contributed by atoms with Crippen LogP contribution in [0.15, 0.2) is 18.2 Å². The van der Waals surface area contributed by atoms with Crippen LogP contribution < -0.4 is 10.1 Å². The first-order chi connectivity index (χ1) is 8.86.